The minimum atomic E-state index is -0.439. The Labute approximate surface area is 143 Å². The molecule has 136 valence electrons. The molecule has 0 aromatic rings. The summed E-state index contributed by atoms with van der Waals surface area (Å²) >= 11 is 0. The number of amides is 1. The lowest BCUT2D eigenvalue weighted by molar-refractivity contribution is 0.0519. The predicted octanol–water partition coefficient (Wildman–Crippen LogP) is 4.48. The number of rotatable bonds is 7. The number of carbonyl (C=O) groups is 1. The summed E-state index contributed by atoms with van der Waals surface area (Å²) < 4.78 is 5.33. The molecule has 3 unspecified atom stereocenters. The van der Waals surface area contributed by atoms with Crippen molar-refractivity contribution < 1.29 is 9.53 Å². The predicted molar refractivity (Wildman–Crippen MR) is 96.7 cm³/mol. The van der Waals surface area contributed by atoms with Crippen molar-refractivity contribution in [2.24, 2.45) is 11.8 Å². The van der Waals surface area contributed by atoms with Crippen molar-refractivity contribution in [1.82, 2.24) is 10.6 Å². The van der Waals surface area contributed by atoms with E-state index in [9.17, 15) is 4.79 Å². The van der Waals surface area contributed by atoms with Crippen molar-refractivity contribution in [3.8, 4) is 0 Å². The number of nitrogens with one attached hydrogen (secondary N) is 2. The van der Waals surface area contributed by atoms with Crippen LogP contribution in [0.5, 0.6) is 0 Å². The average Bonchev–Trinajstić information content (AvgIpc) is 2.43. The van der Waals surface area contributed by atoms with E-state index in [1.54, 1.807) is 0 Å². The van der Waals surface area contributed by atoms with E-state index in [0.29, 0.717) is 18.6 Å². The van der Waals surface area contributed by atoms with E-state index in [1.807, 2.05) is 20.8 Å². The molecular formula is C19H38N2O2. The third kappa shape index (κ3) is 8.59. The lowest BCUT2D eigenvalue weighted by Crippen LogP contribution is -2.48. The van der Waals surface area contributed by atoms with Crippen LogP contribution in [-0.4, -0.2) is 30.3 Å². The highest BCUT2D eigenvalue weighted by Crippen LogP contribution is 2.30. The van der Waals surface area contributed by atoms with Crippen LogP contribution < -0.4 is 10.6 Å². The molecule has 1 fully saturated rings. The van der Waals surface area contributed by atoms with Crippen molar-refractivity contribution in [2.75, 3.05) is 6.54 Å². The number of carbonyl (C=O) groups excluding carboxylic acids is 1. The molecule has 0 heterocycles. The van der Waals surface area contributed by atoms with Gasteiger partial charge in [0.05, 0.1) is 0 Å². The fraction of sp³-hybridized carbons (Fsp3) is 0.947. The van der Waals surface area contributed by atoms with Gasteiger partial charge in [0.25, 0.3) is 0 Å². The van der Waals surface area contributed by atoms with Gasteiger partial charge in [-0.3, -0.25) is 0 Å². The summed E-state index contributed by atoms with van der Waals surface area (Å²) in [5.74, 6) is 1.60. The molecule has 0 aromatic carbocycles. The van der Waals surface area contributed by atoms with Gasteiger partial charge in [-0.15, -0.1) is 0 Å². The molecule has 0 bridgehead atoms. The van der Waals surface area contributed by atoms with E-state index < -0.39 is 5.60 Å². The monoisotopic (exact) mass is 326 g/mol. The standard InChI is InChI=1S/C19H38N2O2/c1-7-9-17(13-20-18(22)23-19(4,5)6)21-16-11-8-10-15(12-16)14(2)3/h14-17,21H,7-13H2,1-6H3,(H,20,22). The molecule has 0 saturated heterocycles. The van der Waals surface area contributed by atoms with Crippen molar-refractivity contribution >= 4 is 6.09 Å². The zero-order valence-corrected chi connectivity index (χ0v) is 16.1. The molecule has 2 N–H and O–H groups in total. The lowest BCUT2D eigenvalue weighted by Gasteiger charge is -2.34. The summed E-state index contributed by atoms with van der Waals surface area (Å²) in [6.45, 7) is 13.2. The van der Waals surface area contributed by atoms with E-state index in [-0.39, 0.29) is 6.09 Å². The molecule has 0 radical (unpaired) electrons. The van der Waals surface area contributed by atoms with E-state index in [1.165, 1.54) is 25.7 Å². The Hall–Kier alpha value is -0.770. The van der Waals surface area contributed by atoms with Crippen LogP contribution in [0.1, 0.15) is 80.1 Å². The van der Waals surface area contributed by atoms with Gasteiger partial charge in [-0.2, -0.15) is 0 Å². The normalized spacial score (nSPS) is 23.6. The molecule has 1 saturated carbocycles. The summed E-state index contributed by atoms with van der Waals surface area (Å²) in [4.78, 5) is 11.8. The summed E-state index contributed by atoms with van der Waals surface area (Å²) in [5, 5.41) is 6.71. The number of ether oxygens (including phenoxy) is 1. The second-order valence-corrected chi connectivity index (χ2v) is 8.40. The van der Waals surface area contributed by atoms with Crippen molar-refractivity contribution in [3.05, 3.63) is 0 Å². The van der Waals surface area contributed by atoms with Gasteiger partial charge in [0.15, 0.2) is 0 Å². The van der Waals surface area contributed by atoms with Crippen molar-refractivity contribution in [1.29, 1.82) is 0 Å². The minimum absolute atomic E-state index is 0.316. The van der Waals surface area contributed by atoms with E-state index in [2.05, 4.69) is 31.4 Å². The smallest absolute Gasteiger partial charge is 0.407 e. The first-order valence-corrected chi connectivity index (χ1v) is 9.44. The first-order valence-electron chi connectivity index (χ1n) is 9.44. The molecule has 23 heavy (non-hydrogen) atoms. The zero-order valence-electron chi connectivity index (χ0n) is 16.1. The summed E-state index contributed by atoms with van der Waals surface area (Å²) in [6, 6.07) is 0.927. The van der Waals surface area contributed by atoms with Gasteiger partial charge in [-0.1, -0.05) is 40.0 Å². The second-order valence-electron chi connectivity index (χ2n) is 8.40. The van der Waals surface area contributed by atoms with Crippen LogP contribution in [0.25, 0.3) is 0 Å². The Morgan fingerprint density at radius 3 is 2.52 bits per heavy atom. The fourth-order valence-electron chi connectivity index (χ4n) is 3.43. The molecular weight excluding hydrogens is 288 g/mol. The SMILES string of the molecule is CCCC(CNC(=O)OC(C)(C)C)NC1CCCC(C(C)C)C1. The van der Waals surface area contributed by atoms with Crippen LogP contribution in [0.3, 0.4) is 0 Å². The minimum Gasteiger partial charge on any atom is -0.444 e. The van der Waals surface area contributed by atoms with Crippen molar-refractivity contribution in [3.63, 3.8) is 0 Å². The molecule has 0 aliphatic heterocycles. The molecule has 1 amide bonds. The molecule has 4 heteroatoms. The van der Waals surface area contributed by atoms with Crippen molar-refractivity contribution in [2.45, 2.75) is 97.8 Å². The van der Waals surface area contributed by atoms with E-state index in [0.717, 1.165) is 24.7 Å². The summed E-state index contributed by atoms with van der Waals surface area (Å²) in [6.07, 6.45) is 7.10. The Kier molecular flexibility index (Phi) is 8.38. The Morgan fingerprint density at radius 2 is 1.96 bits per heavy atom. The Balaban J connectivity index is 2.43. The first-order chi connectivity index (χ1) is 10.7. The van der Waals surface area contributed by atoms with Gasteiger partial charge >= 0.3 is 6.09 Å². The third-order valence-electron chi connectivity index (χ3n) is 4.66. The summed E-state index contributed by atoms with van der Waals surface area (Å²) in [7, 11) is 0. The Bertz CT molecular complexity index is 350. The molecule has 0 aromatic heterocycles. The fourth-order valence-corrected chi connectivity index (χ4v) is 3.43. The first kappa shape index (κ1) is 20.3. The van der Waals surface area contributed by atoms with Gasteiger partial charge in [0.1, 0.15) is 5.60 Å². The number of alkyl carbamates (subject to hydrolysis) is 1. The highest BCUT2D eigenvalue weighted by molar-refractivity contribution is 5.67. The van der Waals surface area contributed by atoms with E-state index >= 15 is 0 Å². The van der Waals surface area contributed by atoms with E-state index in [4.69, 9.17) is 4.74 Å². The molecule has 1 rings (SSSR count). The van der Waals surface area contributed by atoms with Gasteiger partial charge in [0, 0.05) is 18.6 Å². The highest BCUT2D eigenvalue weighted by atomic mass is 16.6. The second kappa shape index (κ2) is 9.51. The lowest BCUT2D eigenvalue weighted by atomic mass is 9.79. The Morgan fingerprint density at radius 1 is 1.26 bits per heavy atom. The largest absolute Gasteiger partial charge is 0.444 e. The van der Waals surface area contributed by atoms with Crippen LogP contribution in [-0.2, 0) is 4.74 Å². The molecule has 4 nitrogen and oxygen atoms in total. The van der Waals surface area contributed by atoms with Crippen LogP contribution in [0.15, 0.2) is 0 Å². The zero-order chi connectivity index (χ0) is 17.5. The van der Waals surface area contributed by atoms with Crippen LogP contribution >= 0.6 is 0 Å². The van der Waals surface area contributed by atoms with Crippen LogP contribution in [0.4, 0.5) is 4.79 Å². The third-order valence-corrected chi connectivity index (χ3v) is 4.66. The topological polar surface area (TPSA) is 50.4 Å². The maximum atomic E-state index is 11.8. The maximum absolute atomic E-state index is 11.8. The quantitative estimate of drug-likeness (QED) is 0.725. The van der Waals surface area contributed by atoms with Crippen LogP contribution in [0.2, 0.25) is 0 Å². The van der Waals surface area contributed by atoms with Gasteiger partial charge in [-0.05, 0) is 51.9 Å². The van der Waals surface area contributed by atoms with Crippen LogP contribution in [0, 0.1) is 11.8 Å². The average molecular weight is 327 g/mol. The molecule has 3 atom stereocenters. The molecule has 1 aliphatic carbocycles. The number of hydrogen-bond acceptors (Lipinski definition) is 3. The highest BCUT2D eigenvalue weighted by Gasteiger charge is 2.26. The van der Waals surface area contributed by atoms with Gasteiger partial charge in [0.2, 0.25) is 0 Å². The maximum Gasteiger partial charge on any atom is 0.407 e. The summed E-state index contributed by atoms with van der Waals surface area (Å²) in [5.41, 5.74) is -0.439. The van der Waals surface area contributed by atoms with Gasteiger partial charge in [-0.25, -0.2) is 4.79 Å². The molecule has 0 spiro atoms. The molecule has 1 aliphatic rings. The van der Waals surface area contributed by atoms with Gasteiger partial charge < -0.3 is 15.4 Å². The number of hydrogen-bond donors (Lipinski definition) is 2.